The monoisotopic (exact) mass is 549 g/mol. The zero-order valence-corrected chi connectivity index (χ0v) is 25.8. The minimum Gasteiger partial charge on any atom is -0.466 e. The molecule has 5 nitrogen and oxygen atoms in total. The molecule has 0 heterocycles. The van der Waals surface area contributed by atoms with E-state index in [1.165, 1.54) is 17.5 Å². The predicted octanol–water partition coefficient (Wildman–Crippen LogP) is 5.63. The fourth-order valence-electron chi connectivity index (χ4n) is 6.33. The van der Waals surface area contributed by atoms with E-state index in [9.17, 15) is 9.59 Å². The second-order valence-corrected chi connectivity index (χ2v) is 16.3. The molecule has 1 aliphatic rings. The second kappa shape index (κ2) is 13.6. The zero-order valence-electron chi connectivity index (χ0n) is 24.8. The Morgan fingerprint density at radius 2 is 1.59 bits per heavy atom. The Bertz CT molecular complexity index is 1070. The highest BCUT2D eigenvalue weighted by Crippen LogP contribution is 2.40. The normalized spacial score (nSPS) is 19.2. The van der Waals surface area contributed by atoms with E-state index in [1.54, 1.807) is 6.92 Å². The smallest absolute Gasteiger partial charge is 0.333 e. The molecule has 6 heteroatoms. The quantitative estimate of drug-likeness (QED) is 0.275. The standard InChI is InChI=1S/C33H47NO4Si/c1-8-26(24(2)34-25(3)35)19-20-27-21-28(32(36)37-7)22-29(27)23-38-39(33(4,5)6,30-15-11-9-12-16-30)31-17-13-10-14-18-31/h9-18,21,24,26-27,29H,8,19-20,22-23H2,1-7H3,(H,34,35)/t24-,26?,27?,29?/m0/s1. The number of nitrogens with one attached hydrogen (secondary N) is 1. The topological polar surface area (TPSA) is 64.6 Å². The molecule has 0 spiro atoms. The summed E-state index contributed by atoms with van der Waals surface area (Å²) in [5, 5.41) is 5.48. The Kier molecular flexibility index (Phi) is 10.7. The Morgan fingerprint density at radius 1 is 1.03 bits per heavy atom. The number of hydrogen-bond acceptors (Lipinski definition) is 4. The van der Waals surface area contributed by atoms with Gasteiger partial charge in [0.25, 0.3) is 8.32 Å². The highest BCUT2D eigenvalue weighted by molar-refractivity contribution is 6.99. The molecular formula is C33H47NO4Si. The third-order valence-corrected chi connectivity index (χ3v) is 13.4. The van der Waals surface area contributed by atoms with Crippen LogP contribution in [-0.2, 0) is 18.8 Å². The first-order valence-corrected chi connectivity index (χ1v) is 16.2. The van der Waals surface area contributed by atoms with Crippen molar-refractivity contribution in [2.45, 2.75) is 78.3 Å². The molecule has 4 atom stereocenters. The number of benzene rings is 2. The molecule has 39 heavy (non-hydrogen) atoms. The van der Waals surface area contributed by atoms with Gasteiger partial charge in [-0.05, 0) is 59.4 Å². The third-order valence-electron chi connectivity index (χ3n) is 8.41. The number of methoxy groups -OCH3 is 1. The highest BCUT2D eigenvalue weighted by atomic mass is 28.4. The van der Waals surface area contributed by atoms with Gasteiger partial charge in [-0.3, -0.25) is 4.79 Å². The van der Waals surface area contributed by atoms with Crippen LogP contribution in [0.5, 0.6) is 0 Å². The van der Waals surface area contributed by atoms with Gasteiger partial charge in [-0.2, -0.15) is 0 Å². The number of carbonyl (C=O) groups is 2. The van der Waals surface area contributed by atoms with Crippen LogP contribution in [0.3, 0.4) is 0 Å². The van der Waals surface area contributed by atoms with Gasteiger partial charge in [0.05, 0.1) is 7.11 Å². The van der Waals surface area contributed by atoms with E-state index in [-0.39, 0.29) is 34.8 Å². The summed E-state index contributed by atoms with van der Waals surface area (Å²) in [5.41, 5.74) is 0.751. The van der Waals surface area contributed by atoms with Crippen molar-refractivity contribution >= 4 is 30.6 Å². The van der Waals surface area contributed by atoms with Crippen LogP contribution in [0.15, 0.2) is 72.3 Å². The van der Waals surface area contributed by atoms with Gasteiger partial charge < -0.3 is 14.5 Å². The van der Waals surface area contributed by atoms with Crippen LogP contribution in [0.4, 0.5) is 0 Å². The van der Waals surface area contributed by atoms with Gasteiger partial charge in [-0.1, -0.05) is 101 Å². The summed E-state index contributed by atoms with van der Waals surface area (Å²) in [6.45, 7) is 13.3. The van der Waals surface area contributed by atoms with Gasteiger partial charge in [-0.15, -0.1) is 0 Å². The number of ether oxygens (including phenoxy) is 1. The average molecular weight is 550 g/mol. The summed E-state index contributed by atoms with van der Waals surface area (Å²) in [5.74, 6) is 0.547. The molecule has 2 aromatic carbocycles. The molecule has 3 rings (SSSR count). The lowest BCUT2D eigenvalue weighted by Crippen LogP contribution is -2.67. The van der Waals surface area contributed by atoms with E-state index in [1.807, 2.05) is 0 Å². The third kappa shape index (κ3) is 7.28. The van der Waals surface area contributed by atoms with Crippen molar-refractivity contribution in [3.8, 4) is 0 Å². The second-order valence-electron chi connectivity index (χ2n) is 12.0. The first-order valence-electron chi connectivity index (χ1n) is 14.3. The molecule has 0 fully saturated rings. The summed E-state index contributed by atoms with van der Waals surface area (Å²) in [7, 11) is -1.23. The van der Waals surface area contributed by atoms with Crippen molar-refractivity contribution in [2.75, 3.05) is 13.7 Å². The molecule has 0 saturated carbocycles. The SMILES string of the molecule is CCC(CCC1C=C(C(=O)OC)CC1CO[Si](c1ccccc1)(c1ccccc1)C(C)(C)C)[C@H](C)NC(C)=O. The van der Waals surface area contributed by atoms with Crippen LogP contribution in [0.1, 0.15) is 67.2 Å². The van der Waals surface area contributed by atoms with E-state index >= 15 is 0 Å². The molecular weight excluding hydrogens is 502 g/mol. The number of hydrogen-bond donors (Lipinski definition) is 1. The van der Waals surface area contributed by atoms with Crippen molar-refractivity contribution < 1.29 is 18.8 Å². The van der Waals surface area contributed by atoms with Crippen LogP contribution < -0.4 is 15.7 Å². The maximum Gasteiger partial charge on any atom is 0.333 e. The van der Waals surface area contributed by atoms with E-state index in [4.69, 9.17) is 9.16 Å². The van der Waals surface area contributed by atoms with Crippen LogP contribution in [0.25, 0.3) is 0 Å². The summed E-state index contributed by atoms with van der Waals surface area (Å²) < 4.78 is 12.4. The van der Waals surface area contributed by atoms with E-state index in [0.717, 1.165) is 24.8 Å². The number of esters is 1. The molecule has 0 saturated heterocycles. The first-order chi connectivity index (χ1) is 18.5. The maximum absolute atomic E-state index is 12.6. The first kappa shape index (κ1) is 30.8. The van der Waals surface area contributed by atoms with Crippen LogP contribution in [0.2, 0.25) is 5.04 Å². The van der Waals surface area contributed by atoms with Gasteiger partial charge in [0.2, 0.25) is 5.91 Å². The lowest BCUT2D eigenvalue weighted by Gasteiger charge is -2.44. The molecule has 2 aromatic rings. The van der Waals surface area contributed by atoms with Crippen LogP contribution in [0, 0.1) is 17.8 Å². The Morgan fingerprint density at radius 3 is 2.05 bits per heavy atom. The Balaban J connectivity index is 1.90. The number of rotatable bonds is 12. The largest absolute Gasteiger partial charge is 0.466 e. The molecule has 0 aliphatic heterocycles. The molecule has 1 amide bonds. The van der Waals surface area contributed by atoms with Gasteiger partial charge in [0, 0.05) is 25.1 Å². The molecule has 0 aromatic heterocycles. The van der Waals surface area contributed by atoms with Crippen molar-refractivity contribution in [3.63, 3.8) is 0 Å². The lowest BCUT2D eigenvalue weighted by molar-refractivity contribution is -0.136. The molecule has 0 bridgehead atoms. The maximum atomic E-state index is 12.6. The number of allylic oxidation sites excluding steroid dienone is 1. The van der Waals surface area contributed by atoms with Gasteiger partial charge >= 0.3 is 5.97 Å². The highest BCUT2D eigenvalue weighted by Gasteiger charge is 2.50. The van der Waals surface area contributed by atoms with Crippen LogP contribution >= 0.6 is 0 Å². The minimum atomic E-state index is -2.68. The van der Waals surface area contributed by atoms with Gasteiger partial charge in [0.15, 0.2) is 0 Å². The summed E-state index contributed by atoms with van der Waals surface area (Å²) in [4.78, 5) is 24.2. The van der Waals surface area contributed by atoms with Crippen molar-refractivity contribution in [2.24, 2.45) is 17.8 Å². The van der Waals surface area contributed by atoms with Crippen LogP contribution in [-0.4, -0.2) is 40.0 Å². The molecule has 3 unspecified atom stereocenters. The summed E-state index contributed by atoms with van der Waals surface area (Å²) in [6.07, 6.45) is 5.69. The minimum absolute atomic E-state index is 0.00580. The number of amides is 1. The van der Waals surface area contributed by atoms with E-state index < -0.39 is 8.32 Å². The summed E-state index contributed by atoms with van der Waals surface area (Å²) >= 11 is 0. The van der Waals surface area contributed by atoms with E-state index in [0.29, 0.717) is 18.9 Å². The Labute approximate surface area is 236 Å². The molecule has 212 valence electrons. The predicted molar refractivity (Wildman–Crippen MR) is 162 cm³/mol. The molecule has 1 N–H and O–H groups in total. The molecule has 1 aliphatic carbocycles. The summed E-state index contributed by atoms with van der Waals surface area (Å²) in [6, 6.07) is 21.5. The fraction of sp³-hybridized carbons (Fsp3) is 0.515. The van der Waals surface area contributed by atoms with Crippen molar-refractivity contribution in [3.05, 3.63) is 72.3 Å². The van der Waals surface area contributed by atoms with Crippen molar-refractivity contribution in [1.29, 1.82) is 0 Å². The molecule has 0 radical (unpaired) electrons. The average Bonchev–Trinajstić information content (AvgIpc) is 3.32. The zero-order chi connectivity index (χ0) is 28.6. The number of carbonyl (C=O) groups excluding carboxylic acids is 2. The van der Waals surface area contributed by atoms with Gasteiger partial charge in [-0.25, -0.2) is 4.79 Å². The van der Waals surface area contributed by atoms with Crippen molar-refractivity contribution in [1.82, 2.24) is 5.32 Å². The van der Waals surface area contributed by atoms with E-state index in [2.05, 4.69) is 107 Å². The Hall–Kier alpha value is -2.70. The lowest BCUT2D eigenvalue weighted by atomic mass is 9.85. The van der Waals surface area contributed by atoms with Gasteiger partial charge in [0.1, 0.15) is 0 Å². The fourth-order valence-corrected chi connectivity index (χ4v) is 10.9.